The van der Waals surface area contributed by atoms with Gasteiger partial charge in [0.05, 0.1) is 11.6 Å². The lowest BCUT2D eigenvalue weighted by molar-refractivity contribution is 0.136. The summed E-state index contributed by atoms with van der Waals surface area (Å²) in [6, 6.07) is 0. The van der Waals surface area contributed by atoms with Gasteiger partial charge in [0.2, 0.25) is 0 Å². The van der Waals surface area contributed by atoms with Crippen molar-refractivity contribution in [1.29, 1.82) is 0 Å². The maximum atomic E-state index is 10.2. The number of rotatable bonds is 5. The molecule has 1 saturated heterocycles. The van der Waals surface area contributed by atoms with Crippen LogP contribution in [0.15, 0.2) is 12.5 Å². The van der Waals surface area contributed by atoms with Crippen molar-refractivity contribution in [1.82, 2.24) is 19.9 Å². The Bertz CT molecular complexity index is 611. The average molecular weight is 289 g/mol. The van der Waals surface area contributed by atoms with Crippen molar-refractivity contribution in [2.75, 3.05) is 18.8 Å². The second-order valence-corrected chi connectivity index (χ2v) is 5.96. The lowest BCUT2D eigenvalue weighted by Crippen LogP contribution is -2.21. The number of nitrogens with two attached hydrogens (primary N) is 1. The van der Waals surface area contributed by atoms with Gasteiger partial charge in [-0.3, -0.25) is 4.90 Å². The number of likely N-dealkylation sites (tertiary alicyclic amines) is 1. The van der Waals surface area contributed by atoms with Crippen LogP contribution in [-0.4, -0.2) is 44.2 Å². The zero-order valence-electron chi connectivity index (χ0n) is 12.4. The molecule has 114 valence electrons. The third-order valence-corrected chi connectivity index (χ3v) is 4.38. The summed E-state index contributed by atoms with van der Waals surface area (Å²) < 4.78 is 0. The minimum Gasteiger partial charge on any atom is -0.391 e. The number of nitrogens with one attached hydrogen (secondary N) is 1. The Morgan fingerprint density at radius 1 is 1.43 bits per heavy atom. The molecule has 1 aliphatic rings. The number of hydrogen-bond acceptors (Lipinski definition) is 5. The smallest absolute Gasteiger partial charge is 0.151 e. The van der Waals surface area contributed by atoms with Crippen molar-refractivity contribution >= 4 is 16.9 Å². The van der Waals surface area contributed by atoms with Crippen molar-refractivity contribution in [3.63, 3.8) is 0 Å². The molecule has 0 amide bonds. The van der Waals surface area contributed by atoms with Crippen LogP contribution in [0.5, 0.6) is 0 Å². The molecule has 6 heteroatoms. The SMILES string of the molecule is CCCC[C@H]1CN(Cc2c[nH]c3c(N)ncnc23)CC1O. The highest BCUT2D eigenvalue weighted by molar-refractivity contribution is 5.86. The first-order valence-electron chi connectivity index (χ1n) is 7.66. The highest BCUT2D eigenvalue weighted by Gasteiger charge is 2.30. The molecule has 4 N–H and O–H groups in total. The summed E-state index contributed by atoms with van der Waals surface area (Å²) in [7, 11) is 0. The summed E-state index contributed by atoms with van der Waals surface area (Å²) in [6.07, 6.45) is 6.71. The van der Waals surface area contributed by atoms with Gasteiger partial charge in [-0.2, -0.15) is 0 Å². The molecule has 0 saturated carbocycles. The Kier molecular flexibility index (Phi) is 4.07. The lowest BCUT2D eigenvalue weighted by Gasteiger charge is -2.14. The summed E-state index contributed by atoms with van der Waals surface area (Å²) in [5, 5.41) is 10.2. The molecule has 3 rings (SSSR count). The molecule has 3 heterocycles. The van der Waals surface area contributed by atoms with Crippen molar-refractivity contribution in [2.45, 2.75) is 38.8 Å². The molecule has 2 atom stereocenters. The predicted octanol–water partition coefficient (Wildman–Crippen LogP) is 1.52. The van der Waals surface area contributed by atoms with Gasteiger partial charge in [0.1, 0.15) is 11.8 Å². The van der Waals surface area contributed by atoms with E-state index >= 15 is 0 Å². The zero-order valence-corrected chi connectivity index (χ0v) is 12.4. The predicted molar refractivity (Wildman–Crippen MR) is 82.6 cm³/mol. The Morgan fingerprint density at radius 2 is 2.29 bits per heavy atom. The van der Waals surface area contributed by atoms with Crippen LogP contribution >= 0.6 is 0 Å². The van der Waals surface area contributed by atoms with Gasteiger partial charge in [-0.05, 0) is 12.3 Å². The first-order valence-corrected chi connectivity index (χ1v) is 7.66. The Labute approximate surface area is 124 Å². The molecule has 0 aliphatic carbocycles. The molecule has 0 spiro atoms. The number of fused-ring (bicyclic) bond motifs is 1. The lowest BCUT2D eigenvalue weighted by atomic mass is 9.99. The van der Waals surface area contributed by atoms with Gasteiger partial charge in [-0.25, -0.2) is 9.97 Å². The molecule has 0 aromatic carbocycles. The Morgan fingerprint density at radius 3 is 3.10 bits per heavy atom. The fraction of sp³-hybridized carbons (Fsp3) is 0.600. The first-order chi connectivity index (χ1) is 10.2. The summed E-state index contributed by atoms with van der Waals surface area (Å²) >= 11 is 0. The topological polar surface area (TPSA) is 91.1 Å². The number of aliphatic hydroxyl groups is 1. The van der Waals surface area contributed by atoms with Crippen molar-refractivity contribution in [3.8, 4) is 0 Å². The maximum absolute atomic E-state index is 10.2. The molecule has 1 fully saturated rings. The molecular weight excluding hydrogens is 266 g/mol. The molecule has 0 radical (unpaired) electrons. The third kappa shape index (κ3) is 2.87. The number of nitrogen functional groups attached to an aromatic ring is 1. The number of aromatic amines is 1. The summed E-state index contributed by atoms with van der Waals surface area (Å²) in [5.41, 5.74) is 8.64. The first kappa shape index (κ1) is 14.3. The van der Waals surface area contributed by atoms with Crippen LogP contribution in [0.4, 0.5) is 5.82 Å². The van der Waals surface area contributed by atoms with E-state index in [-0.39, 0.29) is 6.10 Å². The summed E-state index contributed by atoms with van der Waals surface area (Å²) in [5.74, 6) is 0.878. The standard InChI is InChI=1S/C15H23N5O/c1-2-3-4-10-6-20(8-12(10)21)7-11-5-17-14-13(11)18-9-19-15(14)16/h5,9-10,12,17,21H,2-4,6-8H2,1H3,(H2,16,18,19)/t10-,12?/m0/s1. The number of unbranched alkanes of at least 4 members (excludes halogenated alkanes) is 1. The van der Waals surface area contributed by atoms with Gasteiger partial charge in [-0.1, -0.05) is 19.8 Å². The third-order valence-electron chi connectivity index (χ3n) is 4.38. The minimum absolute atomic E-state index is 0.207. The van der Waals surface area contributed by atoms with Crippen LogP contribution in [0, 0.1) is 5.92 Å². The highest BCUT2D eigenvalue weighted by Crippen LogP contribution is 2.26. The molecule has 21 heavy (non-hydrogen) atoms. The number of hydrogen-bond donors (Lipinski definition) is 3. The van der Waals surface area contributed by atoms with Crippen molar-refractivity contribution in [2.24, 2.45) is 5.92 Å². The van der Waals surface area contributed by atoms with Crippen LogP contribution in [0.2, 0.25) is 0 Å². The van der Waals surface area contributed by atoms with Crippen LogP contribution in [0.25, 0.3) is 11.0 Å². The number of nitrogens with zero attached hydrogens (tertiary/aromatic N) is 3. The molecule has 6 nitrogen and oxygen atoms in total. The van der Waals surface area contributed by atoms with Gasteiger partial charge in [0.25, 0.3) is 0 Å². The quantitative estimate of drug-likeness (QED) is 0.776. The molecule has 2 aromatic heterocycles. The van der Waals surface area contributed by atoms with Gasteiger partial charge in [0.15, 0.2) is 5.82 Å². The number of H-pyrrole nitrogens is 1. The zero-order chi connectivity index (χ0) is 14.8. The monoisotopic (exact) mass is 289 g/mol. The summed E-state index contributed by atoms with van der Waals surface area (Å²) in [4.78, 5) is 13.8. The normalized spacial score (nSPS) is 23.1. The Balaban J connectivity index is 1.70. The van der Waals surface area contributed by atoms with E-state index in [9.17, 15) is 5.11 Å². The fourth-order valence-electron chi connectivity index (χ4n) is 3.19. The van der Waals surface area contributed by atoms with Gasteiger partial charge < -0.3 is 15.8 Å². The molecule has 1 unspecified atom stereocenters. The number of aliphatic hydroxyl groups excluding tert-OH is 1. The van der Waals surface area contributed by atoms with Gasteiger partial charge in [-0.15, -0.1) is 0 Å². The highest BCUT2D eigenvalue weighted by atomic mass is 16.3. The second-order valence-electron chi connectivity index (χ2n) is 5.96. The number of β-amino-alcohol motifs (C(OH)–C–C–N with tert-alkyl or cyclic N) is 1. The van der Waals surface area contributed by atoms with Crippen LogP contribution < -0.4 is 5.73 Å². The van der Waals surface area contributed by atoms with Crippen LogP contribution in [-0.2, 0) is 6.54 Å². The van der Waals surface area contributed by atoms with Crippen LogP contribution in [0.3, 0.4) is 0 Å². The maximum Gasteiger partial charge on any atom is 0.151 e. The van der Waals surface area contributed by atoms with E-state index in [4.69, 9.17) is 5.73 Å². The van der Waals surface area contributed by atoms with E-state index in [1.54, 1.807) is 0 Å². The number of aromatic nitrogens is 3. The molecular formula is C15H23N5O. The minimum atomic E-state index is -0.207. The Hall–Kier alpha value is -1.66. The van der Waals surface area contributed by atoms with Gasteiger partial charge >= 0.3 is 0 Å². The van der Waals surface area contributed by atoms with E-state index in [0.29, 0.717) is 11.7 Å². The average Bonchev–Trinajstić information content (AvgIpc) is 3.02. The van der Waals surface area contributed by atoms with E-state index in [0.717, 1.165) is 42.7 Å². The number of anilines is 1. The molecule has 1 aliphatic heterocycles. The molecule has 0 bridgehead atoms. The van der Waals surface area contributed by atoms with E-state index in [2.05, 4.69) is 26.8 Å². The van der Waals surface area contributed by atoms with Crippen LogP contribution in [0.1, 0.15) is 31.7 Å². The second kappa shape index (κ2) is 5.99. The van der Waals surface area contributed by atoms with E-state index < -0.39 is 0 Å². The summed E-state index contributed by atoms with van der Waals surface area (Å²) in [6.45, 7) is 4.67. The van der Waals surface area contributed by atoms with Crippen molar-refractivity contribution in [3.05, 3.63) is 18.1 Å². The van der Waals surface area contributed by atoms with E-state index in [1.807, 2.05) is 6.20 Å². The fourth-order valence-corrected chi connectivity index (χ4v) is 3.19. The molecule has 2 aromatic rings. The van der Waals surface area contributed by atoms with Crippen molar-refractivity contribution < 1.29 is 5.11 Å². The largest absolute Gasteiger partial charge is 0.391 e. The van der Waals surface area contributed by atoms with Gasteiger partial charge in [0, 0.05) is 31.4 Å². The van der Waals surface area contributed by atoms with E-state index in [1.165, 1.54) is 19.2 Å².